The lowest BCUT2D eigenvalue weighted by atomic mass is 9.74. The molecule has 3 atom stereocenters. The average molecular weight is 211 g/mol. The molecule has 1 saturated carbocycles. The molecule has 0 heterocycles. The summed E-state index contributed by atoms with van der Waals surface area (Å²) in [4.78, 5) is 0. The first-order valence-electron chi connectivity index (χ1n) is 7.01. The zero-order valence-corrected chi connectivity index (χ0v) is 10.7. The largest absolute Gasteiger partial charge is 0.330 e. The van der Waals surface area contributed by atoms with E-state index in [1.807, 2.05) is 0 Å². The predicted molar refractivity (Wildman–Crippen MR) is 67.8 cm³/mol. The number of hydrogen-bond acceptors (Lipinski definition) is 1. The number of nitrogens with two attached hydrogens (primary N) is 1. The molecule has 1 heteroatoms. The molecule has 90 valence electrons. The SMILES string of the molecule is CCCC(CC)CC1CCCCC1CN. The lowest BCUT2D eigenvalue weighted by Crippen LogP contribution is -2.28. The number of hydrogen-bond donors (Lipinski definition) is 1. The van der Waals surface area contributed by atoms with Gasteiger partial charge in [-0.1, -0.05) is 52.4 Å². The van der Waals surface area contributed by atoms with Crippen LogP contribution >= 0.6 is 0 Å². The average Bonchev–Trinajstić information content (AvgIpc) is 2.29. The molecule has 1 nitrogen and oxygen atoms in total. The minimum atomic E-state index is 0.838. The van der Waals surface area contributed by atoms with E-state index in [0.717, 1.165) is 24.3 Å². The van der Waals surface area contributed by atoms with Crippen LogP contribution in [-0.2, 0) is 0 Å². The molecule has 1 aliphatic rings. The van der Waals surface area contributed by atoms with Crippen molar-refractivity contribution >= 4 is 0 Å². The molecule has 0 radical (unpaired) electrons. The van der Waals surface area contributed by atoms with Gasteiger partial charge in [-0.05, 0) is 37.1 Å². The van der Waals surface area contributed by atoms with Crippen LogP contribution < -0.4 is 5.73 Å². The molecule has 0 spiro atoms. The minimum absolute atomic E-state index is 0.838. The fraction of sp³-hybridized carbons (Fsp3) is 1.00. The van der Waals surface area contributed by atoms with E-state index in [-0.39, 0.29) is 0 Å². The summed E-state index contributed by atoms with van der Waals surface area (Å²) < 4.78 is 0. The fourth-order valence-electron chi connectivity index (χ4n) is 3.23. The molecule has 0 aromatic heterocycles. The summed E-state index contributed by atoms with van der Waals surface area (Å²) in [5.41, 5.74) is 5.88. The van der Waals surface area contributed by atoms with Crippen LogP contribution in [0.25, 0.3) is 0 Å². The standard InChI is InChI=1S/C14H29N/c1-3-7-12(4-2)10-13-8-5-6-9-14(13)11-15/h12-14H,3-11,15H2,1-2H3. The van der Waals surface area contributed by atoms with Gasteiger partial charge >= 0.3 is 0 Å². The lowest BCUT2D eigenvalue weighted by molar-refractivity contribution is 0.194. The van der Waals surface area contributed by atoms with Crippen LogP contribution in [0.3, 0.4) is 0 Å². The van der Waals surface area contributed by atoms with Crippen molar-refractivity contribution < 1.29 is 0 Å². The molecule has 1 aliphatic carbocycles. The highest BCUT2D eigenvalue weighted by Gasteiger charge is 2.25. The molecule has 0 amide bonds. The van der Waals surface area contributed by atoms with E-state index in [2.05, 4.69) is 13.8 Å². The van der Waals surface area contributed by atoms with Crippen LogP contribution in [-0.4, -0.2) is 6.54 Å². The van der Waals surface area contributed by atoms with Crippen molar-refractivity contribution in [3.63, 3.8) is 0 Å². The Hall–Kier alpha value is -0.0400. The van der Waals surface area contributed by atoms with Gasteiger partial charge in [0.2, 0.25) is 0 Å². The molecule has 2 N–H and O–H groups in total. The Morgan fingerprint density at radius 3 is 2.33 bits per heavy atom. The van der Waals surface area contributed by atoms with Crippen molar-refractivity contribution in [3.8, 4) is 0 Å². The number of rotatable bonds is 6. The van der Waals surface area contributed by atoms with Crippen LogP contribution in [0.5, 0.6) is 0 Å². The Morgan fingerprint density at radius 1 is 1.13 bits per heavy atom. The monoisotopic (exact) mass is 211 g/mol. The molecular weight excluding hydrogens is 182 g/mol. The molecule has 1 rings (SSSR count). The summed E-state index contributed by atoms with van der Waals surface area (Å²) in [5.74, 6) is 2.75. The van der Waals surface area contributed by atoms with Crippen molar-refractivity contribution in [3.05, 3.63) is 0 Å². The minimum Gasteiger partial charge on any atom is -0.330 e. The smallest absolute Gasteiger partial charge is 0.00462 e. The van der Waals surface area contributed by atoms with Crippen LogP contribution in [0.4, 0.5) is 0 Å². The maximum absolute atomic E-state index is 5.88. The Balaban J connectivity index is 2.38. The Labute approximate surface area is 95.8 Å². The quantitative estimate of drug-likeness (QED) is 0.707. The normalized spacial score (nSPS) is 29.0. The van der Waals surface area contributed by atoms with Gasteiger partial charge < -0.3 is 5.73 Å². The topological polar surface area (TPSA) is 26.0 Å². The van der Waals surface area contributed by atoms with Crippen LogP contribution in [0.1, 0.15) is 65.2 Å². The molecule has 0 bridgehead atoms. The van der Waals surface area contributed by atoms with Gasteiger partial charge in [0, 0.05) is 0 Å². The van der Waals surface area contributed by atoms with Gasteiger partial charge in [0.1, 0.15) is 0 Å². The first-order valence-corrected chi connectivity index (χ1v) is 7.01. The summed E-state index contributed by atoms with van der Waals surface area (Å²) >= 11 is 0. The predicted octanol–water partition coefficient (Wildman–Crippen LogP) is 3.97. The van der Waals surface area contributed by atoms with E-state index >= 15 is 0 Å². The van der Waals surface area contributed by atoms with Crippen LogP contribution in [0, 0.1) is 17.8 Å². The van der Waals surface area contributed by atoms with Crippen molar-refractivity contribution in [1.82, 2.24) is 0 Å². The zero-order valence-electron chi connectivity index (χ0n) is 10.7. The van der Waals surface area contributed by atoms with Gasteiger partial charge in [-0.15, -0.1) is 0 Å². The maximum Gasteiger partial charge on any atom is -0.00462 e. The van der Waals surface area contributed by atoms with Crippen molar-refractivity contribution in [2.75, 3.05) is 6.54 Å². The van der Waals surface area contributed by atoms with Gasteiger partial charge in [-0.3, -0.25) is 0 Å². The second-order valence-electron chi connectivity index (χ2n) is 5.34. The van der Waals surface area contributed by atoms with Gasteiger partial charge in [0.05, 0.1) is 0 Å². The lowest BCUT2D eigenvalue weighted by Gasteiger charge is -2.33. The van der Waals surface area contributed by atoms with Gasteiger partial charge in [0.15, 0.2) is 0 Å². The molecule has 3 unspecified atom stereocenters. The molecule has 0 aromatic carbocycles. The molecular formula is C14H29N. The second kappa shape index (κ2) is 7.27. The highest BCUT2D eigenvalue weighted by Crippen LogP contribution is 2.35. The molecule has 1 fully saturated rings. The Kier molecular flexibility index (Phi) is 6.31. The van der Waals surface area contributed by atoms with E-state index < -0.39 is 0 Å². The van der Waals surface area contributed by atoms with Crippen LogP contribution in [0.15, 0.2) is 0 Å². The molecule has 0 aliphatic heterocycles. The fourth-order valence-corrected chi connectivity index (χ4v) is 3.23. The first kappa shape index (κ1) is 13.0. The molecule has 15 heavy (non-hydrogen) atoms. The summed E-state index contributed by atoms with van der Waals surface area (Å²) in [6.07, 6.45) is 11.3. The third-order valence-corrected chi connectivity index (χ3v) is 4.28. The third-order valence-electron chi connectivity index (χ3n) is 4.28. The van der Waals surface area contributed by atoms with Crippen LogP contribution in [0.2, 0.25) is 0 Å². The first-order chi connectivity index (χ1) is 7.31. The zero-order chi connectivity index (χ0) is 11.1. The van der Waals surface area contributed by atoms with Gasteiger partial charge in [-0.2, -0.15) is 0 Å². The van der Waals surface area contributed by atoms with E-state index in [1.165, 1.54) is 51.4 Å². The summed E-state index contributed by atoms with van der Waals surface area (Å²) in [7, 11) is 0. The molecule has 0 aromatic rings. The van der Waals surface area contributed by atoms with E-state index in [0.29, 0.717) is 0 Å². The molecule has 0 saturated heterocycles. The summed E-state index contributed by atoms with van der Waals surface area (Å²) in [6.45, 7) is 5.58. The Morgan fingerprint density at radius 2 is 1.80 bits per heavy atom. The van der Waals surface area contributed by atoms with Crippen molar-refractivity contribution in [1.29, 1.82) is 0 Å². The summed E-state index contributed by atoms with van der Waals surface area (Å²) in [5, 5.41) is 0. The third kappa shape index (κ3) is 4.14. The van der Waals surface area contributed by atoms with Crippen molar-refractivity contribution in [2.24, 2.45) is 23.5 Å². The van der Waals surface area contributed by atoms with E-state index in [9.17, 15) is 0 Å². The maximum atomic E-state index is 5.88. The van der Waals surface area contributed by atoms with E-state index in [1.54, 1.807) is 0 Å². The second-order valence-corrected chi connectivity index (χ2v) is 5.34. The van der Waals surface area contributed by atoms with Crippen molar-refractivity contribution in [2.45, 2.75) is 65.2 Å². The highest BCUT2D eigenvalue weighted by atomic mass is 14.6. The van der Waals surface area contributed by atoms with Gasteiger partial charge in [-0.25, -0.2) is 0 Å². The Bertz CT molecular complexity index is 155. The summed E-state index contributed by atoms with van der Waals surface area (Å²) in [6, 6.07) is 0. The van der Waals surface area contributed by atoms with E-state index in [4.69, 9.17) is 5.73 Å². The highest BCUT2D eigenvalue weighted by molar-refractivity contribution is 4.78. The van der Waals surface area contributed by atoms with Gasteiger partial charge in [0.25, 0.3) is 0 Å².